The van der Waals surface area contributed by atoms with Gasteiger partial charge in [-0.25, -0.2) is 0 Å². The Bertz CT molecular complexity index is 476. The molecule has 0 bridgehead atoms. The first kappa shape index (κ1) is 16.6. The standard InChI is InChI=1S/C18H26O2/c1-13(7-6-8-15(3)19)9-10-17-14(2)11-16(20)12-18(17,4)5/h7,9-11,17H,6,8,12H2,1-5H3/b10-9+,13-7+/t17-/m0/s1. The monoisotopic (exact) mass is 274 g/mol. The van der Waals surface area contributed by atoms with Gasteiger partial charge < -0.3 is 4.79 Å². The Labute approximate surface area is 122 Å². The molecule has 0 amide bonds. The van der Waals surface area contributed by atoms with Crippen LogP contribution in [0.1, 0.15) is 53.9 Å². The van der Waals surface area contributed by atoms with Gasteiger partial charge in [0.05, 0.1) is 0 Å². The highest BCUT2D eigenvalue weighted by atomic mass is 16.1. The van der Waals surface area contributed by atoms with Gasteiger partial charge in [-0.3, -0.25) is 4.79 Å². The lowest BCUT2D eigenvalue weighted by Crippen LogP contribution is -2.30. The summed E-state index contributed by atoms with van der Waals surface area (Å²) in [7, 11) is 0. The summed E-state index contributed by atoms with van der Waals surface area (Å²) in [4.78, 5) is 22.5. The molecule has 0 fully saturated rings. The molecule has 0 saturated carbocycles. The second-order valence-electron chi connectivity index (χ2n) is 6.55. The summed E-state index contributed by atoms with van der Waals surface area (Å²) in [6, 6.07) is 0. The van der Waals surface area contributed by atoms with Gasteiger partial charge in [0.1, 0.15) is 5.78 Å². The number of carbonyl (C=O) groups is 2. The van der Waals surface area contributed by atoms with E-state index in [1.807, 2.05) is 6.92 Å². The van der Waals surface area contributed by atoms with Crippen molar-refractivity contribution in [2.75, 3.05) is 0 Å². The third-order valence-electron chi connectivity index (χ3n) is 3.87. The van der Waals surface area contributed by atoms with Crippen LogP contribution >= 0.6 is 0 Å². The Balaban J connectivity index is 2.75. The predicted octanol–water partition coefficient (Wildman–Crippen LogP) is 4.42. The zero-order valence-electron chi connectivity index (χ0n) is 13.3. The van der Waals surface area contributed by atoms with E-state index in [1.54, 1.807) is 13.0 Å². The highest BCUT2D eigenvalue weighted by molar-refractivity contribution is 5.92. The molecule has 0 aromatic heterocycles. The molecule has 2 heteroatoms. The van der Waals surface area contributed by atoms with Gasteiger partial charge in [-0.05, 0) is 38.7 Å². The average molecular weight is 274 g/mol. The minimum absolute atomic E-state index is 0.0217. The van der Waals surface area contributed by atoms with E-state index in [4.69, 9.17) is 0 Å². The maximum absolute atomic E-state index is 11.6. The Hall–Kier alpha value is -1.44. The molecule has 2 nitrogen and oxygen atoms in total. The van der Waals surface area contributed by atoms with Crippen molar-refractivity contribution in [1.82, 2.24) is 0 Å². The summed E-state index contributed by atoms with van der Waals surface area (Å²) < 4.78 is 0. The van der Waals surface area contributed by atoms with Crippen molar-refractivity contribution in [2.24, 2.45) is 11.3 Å². The molecule has 0 aromatic rings. The molecule has 1 rings (SSSR count). The molecule has 1 atom stereocenters. The fourth-order valence-corrected chi connectivity index (χ4v) is 2.80. The lowest BCUT2D eigenvalue weighted by Gasteiger charge is -2.35. The molecular formula is C18H26O2. The molecule has 0 spiro atoms. The number of rotatable bonds is 5. The maximum Gasteiger partial charge on any atom is 0.156 e. The predicted molar refractivity (Wildman–Crippen MR) is 83.5 cm³/mol. The minimum Gasteiger partial charge on any atom is -0.300 e. The SMILES string of the molecule is CC(=O)CC/C=C(C)/C=C/[C@H]1C(C)=CC(=O)CC1(C)C. The van der Waals surface area contributed by atoms with E-state index in [0.717, 1.165) is 12.0 Å². The normalized spacial score (nSPS) is 23.1. The third-order valence-corrected chi connectivity index (χ3v) is 3.87. The van der Waals surface area contributed by atoms with E-state index in [2.05, 4.69) is 39.0 Å². The van der Waals surface area contributed by atoms with Gasteiger partial charge >= 0.3 is 0 Å². The van der Waals surface area contributed by atoms with Crippen molar-refractivity contribution in [1.29, 1.82) is 0 Å². The maximum atomic E-state index is 11.6. The van der Waals surface area contributed by atoms with Crippen LogP contribution in [0.2, 0.25) is 0 Å². The summed E-state index contributed by atoms with van der Waals surface area (Å²) in [5.74, 6) is 0.756. The first-order chi connectivity index (χ1) is 9.22. The van der Waals surface area contributed by atoms with Gasteiger partial charge in [0, 0.05) is 18.8 Å². The van der Waals surface area contributed by atoms with Gasteiger partial charge in [0.25, 0.3) is 0 Å². The first-order valence-corrected chi connectivity index (χ1v) is 7.28. The van der Waals surface area contributed by atoms with Crippen molar-refractivity contribution in [3.63, 3.8) is 0 Å². The lowest BCUT2D eigenvalue weighted by atomic mass is 9.68. The van der Waals surface area contributed by atoms with E-state index < -0.39 is 0 Å². The molecule has 1 aliphatic rings. The summed E-state index contributed by atoms with van der Waals surface area (Å²) in [5, 5.41) is 0. The molecule has 20 heavy (non-hydrogen) atoms. The van der Waals surface area contributed by atoms with Crippen LogP contribution in [0.25, 0.3) is 0 Å². The van der Waals surface area contributed by atoms with E-state index >= 15 is 0 Å². The van der Waals surface area contributed by atoms with Crippen LogP contribution < -0.4 is 0 Å². The third kappa shape index (κ3) is 4.92. The highest BCUT2D eigenvalue weighted by Gasteiger charge is 2.34. The van der Waals surface area contributed by atoms with Gasteiger partial charge in [0.2, 0.25) is 0 Å². The second kappa shape index (κ2) is 6.83. The number of Topliss-reactive ketones (excluding diaryl/α,β-unsaturated/α-hetero) is 1. The van der Waals surface area contributed by atoms with E-state index in [0.29, 0.717) is 18.8 Å². The largest absolute Gasteiger partial charge is 0.300 e. The van der Waals surface area contributed by atoms with Crippen LogP contribution in [0.3, 0.4) is 0 Å². The lowest BCUT2D eigenvalue weighted by molar-refractivity contribution is -0.118. The van der Waals surface area contributed by atoms with Crippen molar-refractivity contribution < 1.29 is 9.59 Å². The Morgan fingerprint density at radius 2 is 2.05 bits per heavy atom. The fraction of sp³-hybridized carbons (Fsp3) is 0.556. The molecule has 0 radical (unpaired) electrons. The van der Waals surface area contributed by atoms with E-state index in [1.165, 1.54) is 5.57 Å². The first-order valence-electron chi connectivity index (χ1n) is 7.28. The molecule has 0 saturated heterocycles. The topological polar surface area (TPSA) is 34.1 Å². The van der Waals surface area contributed by atoms with E-state index in [-0.39, 0.29) is 17.0 Å². The summed E-state index contributed by atoms with van der Waals surface area (Å²) in [6.45, 7) is 9.99. The number of allylic oxidation sites excluding steroid dienone is 6. The van der Waals surface area contributed by atoms with Gasteiger partial charge in [0.15, 0.2) is 5.78 Å². The van der Waals surface area contributed by atoms with Crippen molar-refractivity contribution in [3.05, 3.63) is 35.5 Å². The zero-order valence-corrected chi connectivity index (χ0v) is 13.3. The average Bonchev–Trinajstić information content (AvgIpc) is 2.25. The Morgan fingerprint density at radius 1 is 1.40 bits per heavy atom. The van der Waals surface area contributed by atoms with Crippen LogP contribution in [0.4, 0.5) is 0 Å². The second-order valence-corrected chi connectivity index (χ2v) is 6.55. The molecule has 1 aliphatic carbocycles. The van der Waals surface area contributed by atoms with Crippen molar-refractivity contribution in [2.45, 2.75) is 53.9 Å². The number of carbonyl (C=O) groups excluding carboxylic acids is 2. The van der Waals surface area contributed by atoms with Crippen LogP contribution in [-0.2, 0) is 9.59 Å². The molecule has 0 heterocycles. The molecule has 0 aromatic carbocycles. The zero-order chi connectivity index (χ0) is 15.3. The quantitative estimate of drug-likeness (QED) is 0.695. The molecule has 0 N–H and O–H groups in total. The van der Waals surface area contributed by atoms with Crippen LogP contribution in [0.5, 0.6) is 0 Å². The Morgan fingerprint density at radius 3 is 2.60 bits per heavy atom. The van der Waals surface area contributed by atoms with Gasteiger partial charge in [-0.1, -0.05) is 43.2 Å². The van der Waals surface area contributed by atoms with Crippen LogP contribution in [0.15, 0.2) is 35.5 Å². The summed E-state index contributed by atoms with van der Waals surface area (Å²) >= 11 is 0. The Kier molecular flexibility index (Phi) is 5.67. The fourth-order valence-electron chi connectivity index (χ4n) is 2.80. The van der Waals surface area contributed by atoms with Crippen LogP contribution in [-0.4, -0.2) is 11.6 Å². The van der Waals surface area contributed by atoms with Gasteiger partial charge in [-0.2, -0.15) is 0 Å². The molecule has 0 unspecified atom stereocenters. The minimum atomic E-state index is -0.0217. The molecule has 110 valence electrons. The number of hydrogen-bond acceptors (Lipinski definition) is 2. The number of ketones is 2. The van der Waals surface area contributed by atoms with Crippen molar-refractivity contribution >= 4 is 11.6 Å². The van der Waals surface area contributed by atoms with Crippen molar-refractivity contribution in [3.8, 4) is 0 Å². The summed E-state index contributed by atoms with van der Waals surface area (Å²) in [6.07, 6.45) is 10.2. The van der Waals surface area contributed by atoms with Gasteiger partial charge in [-0.15, -0.1) is 0 Å². The summed E-state index contributed by atoms with van der Waals surface area (Å²) in [5.41, 5.74) is 2.29. The highest BCUT2D eigenvalue weighted by Crippen LogP contribution is 2.40. The number of hydrogen-bond donors (Lipinski definition) is 0. The molecular weight excluding hydrogens is 248 g/mol. The molecule has 0 aliphatic heterocycles. The van der Waals surface area contributed by atoms with Crippen LogP contribution in [0, 0.1) is 11.3 Å². The smallest absolute Gasteiger partial charge is 0.156 e. The van der Waals surface area contributed by atoms with E-state index in [9.17, 15) is 9.59 Å².